The first-order valence-electron chi connectivity index (χ1n) is 6.26. The van der Waals surface area contributed by atoms with Crippen molar-refractivity contribution < 1.29 is 9.21 Å². The molecule has 2 rings (SSSR count). The van der Waals surface area contributed by atoms with E-state index in [1.807, 2.05) is 30.3 Å². The highest BCUT2D eigenvalue weighted by molar-refractivity contribution is 5.94. The number of carbonyl (C=O) groups is 1. The van der Waals surface area contributed by atoms with Gasteiger partial charge in [-0.15, -0.1) is 0 Å². The van der Waals surface area contributed by atoms with Crippen LogP contribution in [0.2, 0.25) is 0 Å². The lowest BCUT2D eigenvalue weighted by atomic mass is 10.1. The van der Waals surface area contributed by atoms with Crippen molar-refractivity contribution >= 4 is 5.91 Å². The molecule has 19 heavy (non-hydrogen) atoms. The number of amides is 1. The van der Waals surface area contributed by atoms with Crippen molar-refractivity contribution in [1.29, 1.82) is 0 Å². The van der Waals surface area contributed by atoms with Gasteiger partial charge in [-0.25, -0.2) is 0 Å². The summed E-state index contributed by atoms with van der Waals surface area (Å²) < 4.78 is 4.99. The number of benzene rings is 1. The maximum absolute atomic E-state index is 12.2. The van der Waals surface area contributed by atoms with E-state index in [9.17, 15) is 4.79 Å². The lowest BCUT2D eigenvalue weighted by Gasteiger charge is -2.16. The third-order valence-corrected chi connectivity index (χ3v) is 2.98. The monoisotopic (exact) mass is 258 g/mol. The molecule has 1 heterocycles. The summed E-state index contributed by atoms with van der Waals surface area (Å²) in [5, 5.41) is 0. The number of hydrogen-bond donors (Lipinski definition) is 1. The number of rotatable bonds is 5. The highest BCUT2D eigenvalue weighted by Crippen LogP contribution is 2.10. The van der Waals surface area contributed by atoms with Crippen LogP contribution in [0, 0.1) is 0 Å². The Balaban J connectivity index is 2.02. The van der Waals surface area contributed by atoms with Gasteiger partial charge in [-0.1, -0.05) is 12.1 Å². The van der Waals surface area contributed by atoms with Crippen molar-refractivity contribution in [3.63, 3.8) is 0 Å². The third kappa shape index (κ3) is 3.45. The Hall–Kier alpha value is -2.07. The van der Waals surface area contributed by atoms with E-state index >= 15 is 0 Å². The van der Waals surface area contributed by atoms with Gasteiger partial charge in [0.25, 0.3) is 5.91 Å². The second-order valence-electron chi connectivity index (χ2n) is 4.53. The topological polar surface area (TPSA) is 59.5 Å². The minimum atomic E-state index is 0.000462. The molecule has 0 unspecified atom stereocenters. The molecule has 0 bridgehead atoms. The fourth-order valence-electron chi connectivity index (χ4n) is 1.93. The molecular weight excluding hydrogens is 240 g/mol. The highest BCUT2D eigenvalue weighted by atomic mass is 16.3. The molecule has 0 spiro atoms. The summed E-state index contributed by atoms with van der Waals surface area (Å²) in [4.78, 5) is 13.9. The Morgan fingerprint density at radius 2 is 1.95 bits per heavy atom. The number of carbonyl (C=O) groups excluding carboxylic acids is 1. The van der Waals surface area contributed by atoms with Gasteiger partial charge in [0.2, 0.25) is 0 Å². The normalized spacial score (nSPS) is 10.4. The van der Waals surface area contributed by atoms with Gasteiger partial charge in [-0.05, 0) is 36.7 Å². The number of furan rings is 1. The van der Waals surface area contributed by atoms with E-state index in [4.69, 9.17) is 10.2 Å². The molecule has 4 heteroatoms. The molecule has 0 aliphatic rings. The van der Waals surface area contributed by atoms with Crippen LogP contribution in [0.15, 0.2) is 47.3 Å². The average molecular weight is 258 g/mol. The van der Waals surface area contributed by atoms with E-state index in [2.05, 4.69) is 0 Å². The maximum atomic E-state index is 12.2. The minimum absolute atomic E-state index is 0.000462. The van der Waals surface area contributed by atoms with Gasteiger partial charge in [0.1, 0.15) is 0 Å². The summed E-state index contributed by atoms with van der Waals surface area (Å²) >= 11 is 0. The lowest BCUT2D eigenvalue weighted by Crippen LogP contribution is -2.25. The Labute approximate surface area is 112 Å². The molecule has 4 nitrogen and oxygen atoms in total. The standard InChI is InChI=1S/C15H18N2O2/c1-17(10-13-7-9-19-11-13)15(18)14-4-2-12(3-5-14)6-8-16/h2-5,7,9,11H,6,8,10,16H2,1H3. The average Bonchev–Trinajstić information content (AvgIpc) is 2.92. The molecule has 1 aromatic carbocycles. The zero-order valence-electron chi connectivity index (χ0n) is 11.0. The van der Waals surface area contributed by atoms with Crippen LogP contribution in [0.5, 0.6) is 0 Å². The van der Waals surface area contributed by atoms with Crippen molar-refractivity contribution in [3.8, 4) is 0 Å². The molecule has 100 valence electrons. The highest BCUT2D eigenvalue weighted by Gasteiger charge is 2.12. The van der Waals surface area contributed by atoms with Gasteiger partial charge in [0, 0.05) is 24.7 Å². The second kappa shape index (κ2) is 6.20. The van der Waals surface area contributed by atoms with Gasteiger partial charge < -0.3 is 15.1 Å². The Morgan fingerprint density at radius 1 is 1.21 bits per heavy atom. The molecule has 0 saturated heterocycles. The predicted octanol–water partition coefficient (Wildman–Crippen LogP) is 2.05. The number of hydrogen-bond acceptors (Lipinski definition) is 3. The fourth-order valence-corrected chi connectivity index (χ4v) is 1.93. The zero-order valence-corrected chi connectivity index (χ0v) is 11.0. The first kappa shape index (κ1) is 13.4. The summed E-state index contributed by atoms with van der Waals surface area (Å²) in [5.41, 5.74) is 8.32. The molecule has 0 saturated carbocycles. The molecule has 0 aliphatic carbocycles. The van der Waals surface area contributed by atoms with E-state index in [1.54, 1.807) is 24.5 Å². The van der Waals surface area contributed by atoms with E-state index in [1.165, 1.54) is 0 Å². The van der Waals surface area contributed by atoms with Crippen LogP contribution in [0.1, 0.15) is 21.5 Å². The largest absolute Gasteiger partial charge is 0.472 e. The van der Waals surface area contributed by atoms with Crippen molar-refractivity contribution in [2.24, 2.45) is 5.73 Å². The van der Waals surface area contributed by atoms with Crippen LogP contribution < -0.4 is 5.73 Å². The quantitative estimate of drug-likeness (QED) is 0.893. The first-order valence-corrected chi connectivity index (χ1v) is 6.26. The van der Waals surface area contributed by atoms with Crippen LogP contribution >= 0.6 is 0 Å². The molecule has 0 fully saturated rings. The van der Waals surface area contributed by atoms with Crippen molar-refractivity contribution in [2.45, 2.75) is 13.0 Å². The molecule has 1 aromatic heterocycles. The third-order valence-electron chi connectivity index (χ3n) is 2.98. The molecule has 2 N–H and O–H groups in total. The smallest absolute Gasteiger partial charge is 0.253 e. The maximum Gasteiger partial charge on any atom is 0.253 e. The molecule has 1 amide bonds. The molecular formula is C15H18N2O2. The van der Waals surface area contributed by atoms with E-state index in [-0.39, 0.29) is 5.91 Å². The zero-order chi connectivity index (χ0) is 13.7. The van der Waals surface area contributed by atoms with E-state index in [0.717, 1.165) is 17.5 Å². The van der Waals surface area contributed by atoms with Crippen LogP contribution in [0.25, 0.3) is 0 Å². The fraction of sp³-hybridized carbons (Fsp3) is 0.267. The van der Waals surface area contributed by atoms with Gasteiger partial charge in [-0.2, -0.15) is 0 Å². The Morgan fingerprint density at radius 3 is 2.53 bits per heavy atom. The summed E-state index contributed by atoms with van der Waals surface area (Å²) in [5.74, 6) is 0.000462. The Kier molecular flexibility index (Phi) is 4.36. The van der Waals surface area contributed by atoms with Gasteiger partial charge in [-0.3, -0.25) is 4.79 Å². The van der Waals surface area contributed by atoms with Crippen molar-refractivity contribution in [2.75, 3.05) is 13.6 Å². The predicted molar refractivity (Wildman–Crippen MR) is 73.7 cm³/mol. The van der Waals surface area contributed by atoms with Crippen LogP contribution in [0.4, 0.5) is 0 Å². The van der Waals surface area contributed by atoms with E-state index in [0.29, 0.717) is 18.7 Å². The summed E-state index contributed by atoms with van der Waals surface area (Å²) in [6, 6.07) is 9.45. The van der Waals surface area contributed by atoms with Crippen molar-refractivity contribution in [1.82, 2.24) is 4.90 Å². The first-order chi connectivity index (χ1) is 9.20. The number of nitrogens with zero attached hydrogens (tertiary/aromatic N) is 1. The van der Waals surface area contributed by atoms with Crippen molar-refractivity contribution in [3.05, 3.63) is 59.5 Å². The SMILES string of the molecule is CN(Cc1ccoc1)C(=O)c1ccc(CCN)cc1. The van der Waals surface area contributed by atoms with Gasteiger partial charge in [0.15, 0.2) is 0 Å². The Bertz CT molecular complexity index is 518. The second-order valence-corrected chi connectivity index (χ2v) is 4.53. The summed E-state index contributed by atoms with van der Waals surface area (Å²) in [6.45, 7) is 1.16. The van der Waals surface area contributed by atoms with Gasteiger partial charge >= 0.3 is 0 Å². The van der Waals surface area contributed by atoms with Gasteiger partial charge in [0.05, 0.1) is 12.5 Å². The molecule has 0 aliphatic heterocycles. The van der Waals surface area contributed by atoms with E-state index < -0.39 is 0 Å². The number of nitrogens with two attached hydrogens (primary N) is 1. The van der Waals surface area contributed by atoms with Crippen LogP contribution in [-0.4, -0.2) is 24.4 Å². The van der Waals surface area contributed by atoms with Crippen LogP contribution in [-0.2, 0) is 13.0 Å². The van der Waals surface area contributed by atoms with Crippen LogP contribution in [0.3, 0.4) is 0 Å². The summed E-state index contributed by atoms with van der Waals surface area (Å²) in [6.07, 6.45) is 4.09. The molecule has 2 aromatic rings. The molecule has 0 atom stereocenters. The summed E-state index contributed by atoms with van der Waals surface area (Å²) in [7, 11) is 1.78. The lowest BCUT2D eigenvalue weighted by molar-refractivity contribution is 0.0785. The minimum Gasteiger partial charge on any atom is -0.472 e. The molecule has 0 radical (unpaired) electrons.